The summed E-state index contributed by atoms with van der Waals surface area (Å²) < 4.78 is 10.00. The first-order valence-corrected chi connectivity index (χ1v) is 10.6. The van der Waals surface area contributed by atoms with Crippen LogP contribution in [0.25, 0.3) is 12.2 Å². The Kier molecular flexibility index (Phi) is 12.2. The van der Waals surface area contributed by atoms with Crippen LogP contribution in [-0.4, -0.2) is 47.1 Å². The number of carboxylic acids is 1. The number of allylic oxidation sites excluding steroid dienone is 2. The Bertz CT molecular complexity index is 964. The number of ketones is 2. The normalized spacial score (nSPS) is 10.6. The third kappa shape index (κ3) is 10.5. The number of benzene rings is 2. The molecule has 0 amide bonds. The van der Waals surface area contributed by atoms with Crippen LogP contribution in [0.2, 0.25) is 0 Å². The molecule has 0 saturated carbocycles. The van der Waals surface area contributed by atoms with Gasteiger partial charge in [-0.05, 0) is 54.0 Å². The standard InChI is InChI=1S/C21H20O6.C5H10O2/c1-26-20-11-14(5-9-18(20)24)3-7-16(22)13-17(23)8-4-15-6-10-19(25)21(12-15)27-2;1-2-3-4-5(6)7/h3-12,24-25H,13H2,1-2H3;2-4H2,1H3,(H,6,7)/b7-3+,8-4+;. The Labute approximate surface area is 198 Å². The van der Waals surface area contributed by atoms with Crippen LogP contribution in [0.5, 0.6) is 23.0 Å². The van der Waals surface area contributed by atoms with E-state index in [-0.39, 0.29) is 29.5 Å². The van der Waals surface area contributed by atoms with Crippen molar-refractivity contribution in [3.05, 3.63) is 59.7 Å². The van der Waals surface area contributed by atoms with Gasteiger partial charge in [0.15, 0.2) is 34.6 Å². The van der Waals surface area contributed by atoms with Gasteiger partial charge in [0.1, 0.15) is 0 Å². The number of aliphatic carboxylic acids is 1. The van der Waals surface area contributed by atoms with Crippen molar-refractivity contribution < 1.29 is 39.2 Å². The number of carbonyl (C=O) groups is 3. The van der Waals surface area contributed by atoms with Gasteiger partial charge < -0.3 is 24.8 Å². The predicted molar refractivity (Wildman–Crippen MR) is 129 cm³/mol. The van der Waals surface area contributed by atoms with Gasteiger partial charge in [0.25, 0.3) is 0 Å². The smallest absolute Gasteiger partial charge is 0.303 e. The van der Waals surface area contributed by atoms with Crippen LogP contribution >= 0.6 is 0 Å². The highest BCUT2D eigenvalue weighted by atomic mass is 16.5. The average molecular weight is 471 g/mol. The van der Waals surface area contributed by atoms with Gasteiger partial charge in [-0.25, -0.2) is 0 Å². The van der Waals surface area contributed by atoms with Crippen LogP contribution in [0.3, 0.4) is 0 Å². The second-order valence-electron chi connectivity index (χ2n) is 7.14. The average Bonchev–Trinajstić information content (AvgIpc) is 2.82. The molecular formula is C26H30O8. The second kappa shape index (κ2) is 14.9. The molecule has 0 aliphatic carbocycles. The predicted octanol–water partition coefficient (Wildman–Crippen LogP) is 4.63. The minimum atomic E-state index is -0.693. The molecule has 0 unspecified atom stereocenters. The second-order valence-corrected chi connectivity index (χ2v) is 7.14. The van der Waals surface area contributed by atoms with Gasteiger partial charge in [-0.15, -0.1) is 0 Å². The molecule has 0 spiro atoms. The number of rotatable bonds is 11. The topological polar surface area (TPSA) is 130 Å². The van der Waals surface area contributed by atoms with E-state index < -0.39 is 5.97 Å². The number of hydrogen-bond acceptors (Lipinski definition) is 7. The lowest BCUT2D eigenvalue weighted by atomic mass is 10.1. The third-order valence-electron chi connectivity index (χ3n) is 4.42. The first-order valence-electron chi connectivity index (χ1n) is 10.6. The molecule has 0 radical (unpaired) electrons. The molecule has 0 aliphatic heterocycles. The van der Waals surface area contributed by atoms with Crippen LogP contribution < -0.4 is 9.47 Å². The van der Waals surface area contributed by atoms with Crippen molar-refractivity contribution in [1.29, 1.82) is 0 Å². The van der Waals surface area contributed by atoms with Crippen molar-refractivity contribution in [2.24, 2.45) is 0 Å². The first-order chi connectivity index (χ1) is 16.2. The fourth-order valence-electron chi connectivity index (χ4n) is 2.59. The number of phenols is 2. The van der Waals surface area contributed by atoms with E-state index in [1.165, 1.54) is 38.5 Å². The van der Waals surface area contributed by atoms with E-state index >= 15 is 0 Å². The molecule has 0 atom stereocenters. The van der Waals surface area contributed by atoms with Crippen LogP contribution in [0.15, 0.2) is 48.6 Å². The zero-order chi connectivity index (χ0) is 25.5. The highest BCUT2D eigenvalue weighted by molar-refractivity contribution is 6.10. The molecule has 0 fully saturated rings. The van der Waals surface area contributed by atoms with Crippen molar-refractivity contribution in [2.45, 2.75) is 32.6 Å². The Balaban J connectivity index is 0.000000718. The van der Waals surface area contributed by atoms with Gasteiger partial charge in [-0.1, -0.05) is 37.6 Å². The maximum Gasteiger partial charge on any atom is 0.303 e. The van der Waals surface area contributed by atoms with Crippen LogP contribution in [-0.2, 0) is 14.4 Å². The lowest BCUT2D eigenvalue weighted by molar-refractivity contribution is -0.137. The Morgan fingerprint density at radius 3 is 1.59 bits per heavy atom. The van der Waals surface area contributed by atoms with E-state index in [0.29, 0.717) is 29.0 Å². The summed E-state index contributed by atoms with van der Waals surface area (Å²) >= 11 is 0. The molecule has 34 heavy (non-hydrogen) atoms. The molecule has 0 saturated heterocycles. The molecule has 8 heteroatoms. The largest absolute Gasteiger partial charge is 0.504 e. The van der Waals surface area contributed by atoms with Gasteiger partial charge in [0.2, 0.25) is 0 Å². The maximum atomic E-state index is 11.9. The van der Waals surface area contributed by atoms with Gasteiger partial charge in [0, 0.05) is 6.42 Å². The molecule has 0 heterocycles. The molecule has 0 aliphatic rings. The summed E-state index contributed by atoms with van der Waals surface area (Å²) in [7, 11) is 2.87. The Morgan fingerprint density at radius 1 is 0.824 bits per heavy atom. The van der Waals surface area contributed by atoms with Crippen LogP contribution in [0, 0.1) is 0 Å². The highest BCUT2D eigenvalue weighted by Crippen LogP contribution is 2.27. The summed E-state index contributed by atoms with van der Waals surface area (Å²) in [6.45, 7) is 1.98. The third-order valence-corrected chi connectivity index (χ3v) is 4.42. The van der Waals surface area contributed by atoms with Crippen molar-refractivity contribution in [3.63, 3.8) is 0 Å². The molecule has 2 rings (SSSR count). The zero-order valence-electron chi connectivity index (χ0n) is 19.5. The number of aromatic hydroxyl groups is 2. The number of unbranched alkanes of at least 4 members (excludes halogenated alkanes) is 1. The van der Waals surface area contributed by atoms with E-state index in [1.54, 1.807) is 36.4 Å². The summed E-state index contributed by atoms with van der Waals surface area (Å²) in [5, 5.41) is 27.1. The van der Waals surface area contributed by atoms with E-state index in [1.807, 2.05) is 6.92 Å². The van der Waals surface area contributed by atoms with Gasteiger partial charge in [0.05, 0.1) is 20.6 Å². The van der Waals surface area contributed by atoms with Gasteiger partial charge in [-0.2, -0.15) is 0 Å². The SMILES string of the molecule is CCCCC(=O)O.COc1cc(/C=C/C(=O)CC(=O)/C=C/c2ccc(O)c(OC)c2)ccc1O. The summed E-state index contributed by atoms with van der Waals surface area (Å²) in [4.78, 5) is 33.6. The Hall–Kier alpha value is -4.07. The van der Waals surface area contributed by atoms with Crippen LogP contribution in [0.4, 0.5) is 0 Å². The lowest BCUT2D eigenvalue weighted by Gasteiger charge is -2.03. The first kappa shape index (κ1) is 28.0. The summed E-state index contributed by atoms with van der Waals surface area (Å²) in [5.74, 6) is -0.776. The number of carbonyl (C=O) groups excluding carboxylic acids is 2. The van der Waals surface area contributed by atoms with Crippen molar-refractivity contribution in [3.8, 4) is 23.0 Å². The minimum Gasteiger partial charge on any atom is -0.504 e. The number of carboxylic acid groups (broad SMARTS) is 1. The summed E-state index contributed by atoms with van der Waals surface area (Å²) in [6.07, 6.45) is 7.52. The molecule has 3 N–H and O–H groups in total. The number of methoxy groups -OCH3 is 2. The van der Waals surface area contributed by atoms with Crippen molar-refractivity contribution in [1.82, 2.24) is 0 Å². The van der Waals surface area contributed by atoms with E-state index in [2.05, 4.69) is 0 Å². The number of ether oxygens (including phenoxy) is 2. The quantitative estimate of drug-likeness (QED) is 0.320. The fourth-order valence-corrected chi connectivity index (χ4v) is 2.59. The summed E-state index contributed by atoms with van der Waals surface area (Å²) in [6, 6.07) is 9.34. The molecule has 182 valence electrons. The monoisotopic (exact) mass is 470 g/mol. The van der Waals surface area contributed by atoms with Crippen molar-refractivity contribution in [2.75, 3.05) is 14.2 Å². The van der Waals surface area contributed by atoms with Gasteiger partial charge >= 0.3 is 5.97 Å². The lowest BCUT2D eigenvalue weighted by Crippen LogP contribution is -2.01. The number of phenolic OH excluding ortho intramolecular Hbond substituents is 2. The minimum absolute atomic E-state index is 0.00662. The van der Waals surface area contributed by atoms with Crippen molar-refractivity contribution >= 4 is 29.7 Å². The molecular weight excluding hydrogens is 440 g/mol. The zero-order valence-corrected chi connectivity index (χ0v) is 19.5. The summed E-state index contributed by atoms with van der Waals surface area (Å²) in [5.41, 5.74) is 1.33. The molecule has 0 bridgehead atoms. The van der Waals surface area contributed by atoms with E-state index in [9.17, 15) is 24.6 Å². The maximum absolute atomic E-state index is 11.9. The van der Waals surface area contributed by atoms with E-state index in [0.717, 1.165) is 12.8 Å². The molecule has 2 aromatic rings. The van der Waals surface area contributed by atoms with Crippen LogP contribution in [0.1, 0.15) is 43.7 Å². The molecule has 8 nitrogen and oxygen atoms in total. The molecule has 0 aromatic heterocycles. The molecule has 2 aromatic carbocycles. The van der Waals surface area contributed by atoms with E-state index in [4.69, 9.17) is 14.6 Å². The number of hydrogen-bond donors (Lipinski definition) is 3. The fraction of sp³-hybridized carbons (Fsp3) is 0.269. The highest BCUT2D eigenvalue weighted by Gasteiger charge is 2.06. The van der Waals surface area contributed by atoms with Gasteiger partial charge in [-0.3, -0.25) is 14.4 Å². The Morgan fingerprint density at radius 2 is 1.26 bits per heavy atom.